The number of thiazole rings is 1. The second-order valence-corrected chi connectivity index (χ2v) is 7.47. The van der Waals surface area contributed by atoms with Crippen LogP contribution in [0.1, 0.15) is 15.9 Å². The summed E-state index contributed by atoms with van der Waals surface area (Å²) in [6.07, 6.45) is 3.04. The number of hydrogen-bond donors (Lipinski definition) is 1. The summed E-state index contributed by atoms with van der Waals surface area (Å²) in [5.74, 6) is -0.217. The Kier molecular flexibility index (Phi) is 5.45. The van der Waals surface area contributed by atoms with E-state index in [-0.39, 0.29) is 11.3 Å². The van der Waals surface area contributed by atoms with Crippen molar-refractivity contribution < 1.29 is 4.79 Å². The van der Waals surface area contributed by atoms with Crippen molar-refractivity contribution in [1.82, 2.24) is 4.98 Å². The van der Waals surface area contributed by atoms with Gasteiger partial charge in [-0.25, -0.2) is 0 Å². The largest absolute Gasteiger partial charge is 0.313 e. The fraction of sp³-hybridized carbons (Fsp3) is 0. The normalized spacial score (nSPS) is 12.6. The van der Waals surface area contributed by atoms with E-state index >= 15 is 0 Å². The fourth-order valence-corrected chi connectivity index (χ4v) is 3.57. The summed E-state index contributed by atoms with van der Waals surface area (Å²) in [7, 11) is 0. The Hall–Kier alpha value is -1.85. The highest BCUT2D eigenvalue weighted by molar-refractivity contribution is 7.07. The topological polar surface area (TPSA) is 49.9 Å². The number of rotatable bonds is 3. The zero-order valence-corrected chi connectivity index (χ0v) is 15.6. The third-order valence-corrected chi connectivity index (χ3v) is 5.10. The van der Waals surface area contributed by atoms with Gasteiger partial charge in [0, 0.05) is 26.7 Å². The average Bonchev–Trinajstić information content (AvgIpc) is 2.90. The quantitative estimate of drug-likeness (QED) is 0.666. The summed E-state index contributed by atoms with van der Waals surface area (Å²) in [6, 6.07) is 11.6. The van der Waals surface area contributed by atoms with Gasteiger partial charge in [0.25, 0.3) is 5.56 Å². The standard InChI is InChI=1S/C18H10Cl3NO2S/c19-12-4-1-10(2-5-12)15(23)9-17-22-18(24)16(25-17)7-11-3-6-13(20)8-14(11)21/h1-9H,(H,22,24). The van der Waals surface area contributed by atoms with Crippen LogP contribution in [0.3, 0.4) is 0 Å². The van der Waals surface area contributed by atoms with Gasteiger partial charge >= 0.3 is 0 Å². The van der Waals surface area contributed by atoms with Crippen molar-refractivity contribution in [3.05, 3.63) is 88.2 Å². The van der Waals surface area contributed by atoms with Crippen molar-refractivity contribution in [3.8, 4) is 0 Å². The summed E-state index contributed by atoms with van der Waals surface area (Å²) < 4.78 is 0.903. The highest BCUT2D eigenvalue weighted by Gasteiger charge is 2.04. The van der Waals surface area contributed by atoms with Crippen LogP contribution in [-0.2, 0) is 0 Å². The molecule has 0 radical (unpaired) electrons. The van der Waals surface area contributed by atoms with Crippen LogP contribution in [0, 0.1) is 0 Å². The predicted octanol–water partition coefficient (Wildman–Crippen LogP) is 3.89. The molecule has 1 heterocycles. The van der Waals surface area contributed by atoms with Crippen molar-refractivity contribution in [3.63, 3.8) is 0 Å². The number of Topliss-reactive ketones (excluding diaryl/α,β-unsaturated/α-hetero) is 1. The van der Waals surface area contributed by atoms with Crippen LogP contribution in [0.4, 0.5) is 0 Å². The fourth-order valence-electron chi connectivity index (χ4n) is 2.10. The molecule has 1 N–H and O–H groups in total. The summed E-state index contributed by atoms with van der Waals surface area (Å²) >= 11 is 19.0. The molecule has 0 unspecified atom stereocenters. The lowest BCUT2D eigenvalue weighted by atomic mass is 10.1. The second-order valence-electron chi connectivity index (χ2n) is 5.11. The van der Waals surface area contributed by atoms with Crippen LogP contribution >= 0.6 is 46.1 Å². The molecule has 0 spiro atoms. The van der Waals surface area contributed by atoms with E-state index in [0.717, 1.165) is 0 Å². The highest BCUT2D eigenvalue weighted by atomic mass is 35.5. The smallest absolute Gasteiger partial charge is 0.266 e. The summed E-state index contributed by atoms with van der Waals surface area (Å²) in [5, 5.41) is 1.52. The van der Waals surface area contributed by atoms with E-state index in [9.17, 15) is 9.59 Å². The van der Waals surface area contributed by atoms with Gasteiger partial charge < -0.3 is 4.98 Å². The molecule has 25 heavy (non-hydrogen) atoms. The number of carbonyl (C=O) groups is 1. The number of aromatic amines is 1. The van der Waals surface area contributed by atoms with Crippen molar-refractivity contribution in [2.45, 2.75) is 0 Å². The minimum Gasteiger partial charge on any atom is -0.313 e. The van der Waals surface area contributed by atoms with Crippen LogP contribution in [-0.4, -0.2) is 10.8 Å². The summed E-state index contributed by atoms with van der Waals surface area (Å²) in [5.41, 5.74) is 0.880. The van der Waals surface area contributed by atoms with E-state index in [2.05, 4.69) is 4.98 Å². The first-order valence-corrected chi connectivity index (χ1v) is 9.05. The minimum atomic E-state index is -0.286. The van der Waals surface area contributed by atoms with Crippen LogP contribution in [0.2, 0.25) is 15.1 Å². The third kappa shape index (κ3) is 4.41. The number of nitrogens with one attached hydrogen (secondary N) is 1. The van der Waals surface area contributed by atoms with Crippen molar-refractivity contribution in [2.24, 2.45) is 0 Å². The van der Waals surface area contributed by atoms with Crippen LogP contribution in [0.15, 0.2) is 47.3 Å². The Morgan fingerprint density at radius 2 is 1.68 bits per heavy atom. The van der Waals surface area contributed by atoms with Gasteiger partial charge in [-0.15, -0.1) is 11.3 Å². The van der Waals surface area contributed by atoms with Crippen LogP contribution < -0.4 is 14.8 Å². The monoisotopic (exact) mass is 409 g/mol. The van der Waals surface area contributed by atoms with Gasteiger partial charge in [0.05, 0.1) is 9.20 Å². The van der Waals surface area contributed by atoms with Gasteiger partial charge in [0.15, 0.2) is 5.78 Å². The molecular formula is C18H10Cl3NO2S. The average molecular weight is 411 g/mol. The zero-order chi connectivity index (χ0) is 18.0. The lowest BCUT2D eigenvalue weighted by Crippen LogP contribution is -2.20. The number of halogens is 3. The van der Waals surface area contributed by atoms with Gasteiger partial charge in [-0.2, -0.15) is 0 Å². The van der Waals surface area contributed by atoms with Crippen molar-refractivity contribution in [2.75, 3.05) is 0 Å². The molecule has 2 aromatic carbocycles. The molecule has 7 heteroatoms. The molecule has 3 nitrogen and oxygen atoms in total. The summed E-state index contributed by atoms with van der Waals surface area (Å²) in [4.78, 5) is 27.0. The molecule has 3 rings (SSSR count). The third-order valence-electron chi connectivity index (χ3n) is 3.32. The Labute approximate surface area is 161 Å². The first kappa shape index (κ1) is 18.0. The molecule has 3 aromatic rings. The van der Waals surface area contributed by atoms with Gasteiger partial charge in [0.1, 0.15) is 0 Å². The molecule has 0 saturated carbocycles. The molecule has 126 valence electrons. The maximum atomic E-state index is 12.2. The molecule has 0 aliphatic rings. The van der Waals surface area contributed by atoms with Crippen LogP contribution in [0.25, 0.3) is 12.2 Å². The number of carbonyl (C=O) groups excluding carboxylic acids is 1. The van der Waals surface area contributed by atoms with Gasteiger partial charge in [-0.05, 0) is 48.0 Å². The van der Waals surface area contributed by atoms with E-state index in [1.54, 1.807) is 48.5 Å². The van der Waals surface area contributed by atoms with E-state index in [1.165, 1.54) is 17.4 Å². The molecule has 1 aromatic heterocycles. The maximum absolute atomic E-state index is 12.2. The van der Waals surface area contributed by atoms with Crippen molar-refractivity contribution >= 4 is 64.1 Å². The van der Waals surface area contributed by atoms with Gasteiger partial charge in [0.2, 0.25) is 0 Å². The maximum Gasteiger partial charge on any atom is 0.266 e. The number of aromatic nitrogens is 1. The first-order valence-electron chi connectivity index (χ1n) is 7.10. The van der Waals surface area contributed by atoms with Gasteiger partial charge in [-0.3, -0.25) is 9.59 Å². The predicted molar refractivity (Wildman–Crippen MR) is 104 cm³/mol. The Morgan fingerprint density at radius 3 is 2.36 bits per heavy atom. The number of hydrogen-bond acceptors (Lipinski definition) is 3. The molecule has 0 aliphatic carbocycles. The van der Waals surface area contributed by atoms with E-state index in [0.29, 0.717) is 35.4 Å². The molecule has 0 fully saturated rings. The number of benzene rings is 2. The molecule has 0 bridgehead atoms. The number of H-pyrrole nitrogens is 1. The molecular weight excluding hydrogens is 401 g/mol. The van der Waals surface area contributed by atoms with Gasteiger partial charge in [-0.1, -0.05) is 40.9 Å². The van der Waals surface area contributed by atoms with Crippen molar-refractivity contribution in [1.29, 1.82) is 0 Å². The second kappa shape index (κ2) is 7.58. The Morgan fingerprint density at radius 1 is 1.00 bits per heavy atom. The SMILES string of the molecule is O=C(C=c1[nH]c(=O)c(=Cc2ccc(Cl)cc2Cl)s1)c1ccc(Cl)cc1. The highest BCUT2D eigenvalue weighted by Crippen LogP contribution is 2.21. The Balaban J connectivity index is 1.99. The molecule has 0 aliphatic heterocycles. The lowest BCUT2D eigenvalue weighted by Gasteiger charge is -1.97. The molecule has 0 atom stereocenters. The zero-order valence-electron chi connectivity index (χ0n) is 12.6. The summed E-state index contributed by atoms with van der Waals surface area (Å²) in [6.45, 7) is 0. The van der Waals surface area contributed by atoms with E-state index < -0.39 is 0 Å². The number of ketones is 1. The molecule has 0 saturated heterocycles. The van der Waals surface area contributed by atoms with E-state index in [4.69, 9.17) is 34.8 Å². The lowest BCUT2D eigenvalue weighted by molar-refractivity contribution is 0.106. The molecule has 0 amide bonds. The Bertz CT molecular complexity index is 1110. The van der Waals surface area contributed by atoms with Crippen LogP contribution in [0.5, 0.6) is 0 Å². The minimum absolute atomic E-state index is 0.217. The van der Waals surface area contributed by atoms with E-state index in [1.807, 2.05) is 0 Å². The first-order chi connectivity index (χ1) is 11.9.